The molecule has 4 aromatic heterocycles. The van der Waals surface area contributed by atoms with E-state index in [-0.39, 0.29) is 0 Å². The molecule has 0 spiro atoms. The number of fused-ring (bicyclic) bond motifs is 2. The van der Waals surface area contributed by atoms with E-state index in [4.69, 9.17) is 20.4 Å². The fourth-order valence-corrected chi connectivity index (χ4v) is 3.16. The minimum Gasteiger partial charge on any atom is -0.436 e. The minimum atomic E-state index is 0.402. The van der Waals surface area contributed by atoms with Crippen LogP contribution in [0.5, 0.6) is 0 Å². The van der Waals surface area contributed by atoms with Crippen LogP contribution >= 0.6 is 11.6 Å². The maximum absolute atomic E-state index is 6.09. The molecule has 0 aliphatic heterocycles. The molecule has 27 heavy (non-hydrogen) atoms. The van der Waals surface area contributed by atoms with Crippen molar-refractivity contribution in [2.24, 2.45) is 0 Å². The molecule has 0 amide bonds. The molecule has 1 aromatic carbocycles. The summed E-state index contributed by atoms with van der Waals surface area (Å²) in [7, 11) is 0. The number of benzene rings is 1. The van der Waals surface area contributed by atoms with Crippen LogP contribution in [0.3, 0.4) is 0 Å². The molecule has 7 nitrogen and oxygen atoms in total. The number of hydrogen-bond donors (Lipinski definition) is 0. The van der Waals surface area contributed by atoms with E-state index in [1.807, 2.05) is 25.1 Å². The van der Waals surface area contributed by atoms with Crippen molar-refractivity contribution in [3.05, 3.63) is 53.4 Å². The Kier molecular flexibility index (Phi) is 3.45. The van der Waals surface area contributed by atoms with Gasteiger partial charge in [-0.25, -0.2) is 9.97 Å². The monoisotopic (exact) mass is 377 g/mol. The Balaban J connectivity index is 1.69. The van der Waals surface area contributed by atoms with E-state index in [9.17, 15) is 0 Å². The van der Waals surface area contributed by atoms with Gasteiger partial charge in [0.15, 0.2) is 5.58 Å². The van der Waals surface area contributed by atoms with Gasteiger partial charge in [0.25, 0.3) is 0 Å². The maximum Gasteiger partial charge on any atom is 0.247 e. The van der Waals surface area contributed by atoms with Gasteiger partial charge < -0.3 is 8.83 Å². The van der Waals surface area contributed by atoms with Crippen molar-refractivity contribution in [2.75, 3.05) is 0 Å². The molecule has 5 rings (SSSR count). The maximum atomic E-state index is 6.09. The molecule has 0 saturated heterocycles. The van der Waals surface area contributed by atoms with Gasteiger partial charge in [-0.15, -0.1) is 10.2 Å². The van der Waals surface area contributed by atoms with E-state index in [1.54, 1.807) is 25.4 Å². The topological polar surface area (TPSA) is 90.7 Å². The smallest absolute Gasteiger partial charge is 0.247 e. The highest BCUT2D eigenvalue weighted by Gasteiger charge is 2.16. The second kappa shape index (κ2) is 5.85. The zero-order valence-corrected chi connectivity index (χ0v) is 15.2. The average molecular weight is 378 g/mol. The Morgan fingerprint density at radius 1 is 0.889 bits per heavy atom. The summed E-state index contributed by atoms with van der Waals surface area (Å²) in [5.74, 6) is 1.41. The largest absolute Gasteiger partial charge is 0.436 e. The predicted molar refractivity (Wildman–Crippen MR) is 100 cm³/mol. The lowest BCUT2D eigenvalue weighted by atomic mass is 10.1. The molecule has 5 aromatic rings. The fourth-order valence-electron chi connectivity index (χ4n) is 3.00. The highest BCUT2D eigenvalue weighted by molar-refractivity contribution is 6.30. The molecule has 132 valence electrons. The van der Waals surface area contributed by atoms with Crippen LogP contribution in [0, 0.1) is 13.8 Å². The van der Waals surface area contributed by atoms with Crippen LogP contribution < -0.4 is 0 Å². The molecule has 0 atom stereocenters. The molecule has 0 aliphatic carbocycles. The number of oxazole rings is 1. The van der Waals surface area contributed by atoms with Crippen LogP contribution in [0.15, 0.2) is 45.5 Å². The third kappa shape index (κ3) is 2.63. The first-order valence-electron chi connectivity index (χ1n) is 8.21. The van der Waals surface area contributed by atoms with Gasteiger partial charge >= 0.3 is 0 Å². The van der Waals surface area contributed by atoms with Gasteiger partial charge in [-0.3, -0.25) is 4.98 Å². The highest BCUT2D eigenvalue weighted by Crippen LogP contribution is 2.33. The van der Waals surface area contributed by atoms with E-state index >= 15 is 0 Å². The van der Waals surface area contributed by atoms with Gasteiger partial charge in [-0.05, 0) is 31.2 Å². The van der Waals surface area contributed by atoms with Crippen LogP contribution in [-0.2, 0) is 0 Å². The summed E-state index contributed by atoms with van der Waals surface area (Å²) in [5, 5.41) is 10.1. The van der Waals surface area contributed by atoms with E-state index in [1.165, 1.54) is 0 Å². The zero-order chi connectivity index (χ0) is 18.5. The standard InChI is InChI=1S/C19H12ClN5O2/c1-9-13-7-22-17(20)6-12(13)14(8-21-9)19-23-15-5-11(3-4-16(15)27-19)18-25-24-10(2)26-18/h3-8H,1-2H3. The van der Waals surface area contributed by atoms with Crippen LogP contribution in [0.25, 0.3) is 44.8 Å². The third-order valence-electron chi connectivity index (χ3n) is 4.33. The average Bonchev–Trinajstić information content (AvgIpc) is 3.27. The first kappa shape index (κ1) is 15.9. The van der Waals surface area contributed by atoms with Crippen molar-refractivity contribution in [3.63, 3.8) is 0 Å². The first-order chi connectivity index (χ1) is 13.1. The van der Waals surface area contributed by atoms with E-state index < -0.39 is 0 Å². The molecule has 0 unspecified atom stereocenters. The second-order valence-corrected chi connectivity index (χ2v) is 6.52. The van der Waals surface area contributed by atoms with Gasteiger partial charge in [-0.1, -0.05) is 11.6 Å². The number of aromatic nitrogens is 5. The van der Waals surface area contributed by atoms with E-state index in [0.717, 1.165) is 27.6 Å². The normalized spacial score (nSPS) is 11.5. The molecule has 0 fully saturated rings. The van der Waals surface area contributed by atoms with Crippen LogP contribution in [-0.4, -0.2) is 25.1 Å². The quantitative estimate of drug-likeness (QED) is 0.409. The molecule has 0 aliphatic rings. The number of pyridine rings is 2. The Morgan fingerprint density at radius 3 is 2.59 bits per heavy atom. The van der Waals surface area contributed by atoms with Gasteiger partial charge in [0.05, 0.1) is 5.56 Å². The fraction of sp³-hybridized carbons (Fsp3) is 0.105. The number of hydrogen-bond acceptors (Lipinski definition) is 7. The van der Waals surface area contributed by atoms with Crippen LogP contribution in [0.2, 0.25) is 5.15 Å². The Bertz CT molecular complexity index is 1320. The molecule has 0 saturated carbocycles. The summed E-state index contributed by atoms with van der Waals surface area (Å²) in [4.78, 5) is 13.2. The molecule has 0 bridgehead atoms. The Labute approximate surface area is 158 Å². The van der Waals surface area contributed by atoms with E-state index in [0.29, 0.717) is 33.9 Å². The molecular weight excluding hydrogens is 366 g/mol. The summed E-state index contributed by atoms with van der Waals surface area (Å²) in [5.41, 5.74) is 3.74. The van der Waals surface area contributed by atoms with Crippen molar-refractivity contribution in [3.8, 4) is 22.9 Å². The summed E-state index contributed by atoms with van der Waals surface area (Å²) >= 11 is 6.09. The number of halogens is 1. The SMILES string of the molecule is Cc1nnc(-c2ccc3oc(-c4cnc(C)c5cnc(Cl)cc45)nc3c2)o1. The van der Waals surface area contributed by atoms with Crippen molar-refractivity contribution >= 4 is 33.5 Å². The van der Waals surface area contributed by atoms with Gasteiger partial charge in [0, 0.05) is 41.3 Å². The minimum absolute atomic E-state index is 0.402. The molecule has 0 radical (unpaired) electrons. The van der Waals surface area contributed by atoms with E-state index in [2.05, 4.69) is 25.1 Å². The van der Waals surface area contributed by atoms with Gasteiger partial charge in [-0.2, -0.15) is 0 Å². The lowest BCUT2D eigenvalue weighted by Crippen LogP contribution is -1.90. The number of aryl methyl sites for hydroxylation is 2. The molecule has 0 N–H and O–H groups in total. The summed E-state index contributed by atoms with van der Waals surface area (Å²) in [6.45, 7) is 3.67. The zero-order valence-electron chi connectivity index (χ0n) is 14.4. The highest BCUT2D eigenvalue weighted by atomic mass is 35.5. The summed E-state index contributed by atoms with van der Waals surface area (Å²) in [6, 6.07) is 7.34. The molecule has 8 heteroatoms. The van der Waals surface area contributed by atoms with Crippen molar-refractivity contribution < 1.29 is 8.83 Å². The van der Waals surface area contributed by atoms with Crippen molar-refractivity contribution in [1.29, 1.82) is 0 Å². The van der Waals surface area contributed by atoms with Gasteiger partial charge in [0.2, 0.25) is 17.7 Å². The summed E-state index contributed by atoms with van der Waals surface area (Å²) < 4.78 is 11.4. The van der Waals surface area contributed by atoms with Crippen molar-refractivity contribution in [1.82, 2.24) is 25.1 Å². The number of rotatable bonds is 2. The molecular formula is C19H12ClN5O2. The Morgan fingerprint density at radius 2 is 1.78 bits per heavy atom. The second-order valence-electron chi connectivity index (χ2n) is 6.14. The lowest BCUT2D eigenvalue weighted by Gasteiger charge is -2.05. The molecule has 4 heterocycles. The predicted octanol–water partition coefficient (Wildman–Crippen LogP) is 4.76. The number of nitrogens with zero attached hydrogens (tertiary/aromatic N) is 5. The van der Waals surface area contributed by atoms with Crippen molar-refractivity contribution in [2.45, 2.75) is 13.8 Å². The Hall–Kier alpha value is -3.32. The van der Waals surface area contributed by atoms with Crippen LogP contribution in [0.4, 0.5) is 0 Å². The third-order valence-corrected chi connectivity index (χ3v) is 4.54. The first-order valence-corrected chi connectivity index (χ1v) is 8.58. The van der Waals surface area contributed by atoms with Gasteiger partial charge in [0.1, 0.15) is 10.7 Å². The summed E-state index contributed by atoms with van der Waals surface area (Å²) in [6.07, 6.45) is 3.45. The van der Waals surface area contributed by atoms with Crippen LogP contribution in [0.1, 0.15) is 11.6 Å². The lowest BCUT2D eigenvalue weighted by molar-refractivity contribution is 0.533.